The van der Waals surface area contributed by atoms with Crippen LogP contribution in [0.1, 0.15) is 16.7 Å². The molecule has 2 aromatic heterocycles. The molecule has 120 valence electrons. The van der Waals surface area contributed by atoms with Crippen molar-refractivity contribution in [1.29, 1.82) is 0 Å². The van der Waals surface area contributed by atoms with Crippen LogP contribution in [0, 0.1) is 6.92 Å². The van der Waals surface area contributed by atoms with Crippen molar-refractivity contribution < 1.29 is 28.5 Å². The third kappa shape index (κ3) is 2.77. The molecule has 10 heteroatoms. The predicted octanol–water partition coefficient (Wildman–Crippen LogP) is 2.64. The normalized spacial score (nSPS) is 11.7. The summed E-state index contributed by atoms with van der Waals surface area (Å²) in [6.45, 7) is 0.924. The van der Waals surface area contributed by atoms with Crippen LogP contribution < -0.4 is 5.43 Å². The molecule has 0 atom stereocenters. The number of aromatic nitrogens is 2. The van der Waals surface area contributed by atoms with Gasteiger partial charge in [-0.1, -0.05) is 11.6 Å². The van der Waals surface area contributed by atoms with Gasteiger partial charge in [0.1, 0.15) is 11.0 Å². The Morgan fingerprint density at radius 2 is 1.91 bits per heavy atom. The largest absolute Gasteiger partial charge is 0.493 e. The third-order valence-electron chi connectivity index (χ3n) is 3.02. The Balaban J connectivity index is 2.39. The zero-order valence-corrected chi connectivity index (χ0v) is 11.9. The van der Waals surface area contributed by atoms with Gasteiger partial charge in [0, 0.05) is 11.1 Å². The van der Waals surface area contributed by atoms with E-state index in [0.29, 0.717) is 0 Å². The number of rotatable bonds is 3. The van der Waals surface area contributed by atoms with Gasteiger partial charge >= 0.3 is 6.18 Å². The van der Waals surface area contributed by atoms with E-state index >= 15 is 0 Å². The van der Waals surface area contributed by atoms with Gasteiger partial charge in [0.15, 0.2) is 0 Å². The summed E-state index contributed by atoms with van der Waals surface area (Å²) >= 11 is 5.48. The van der Waals surface area contributed by atoms with E-state index in [2.05, 4.69) is 10.4 Å². The van der Waals surface area contributed by atoms with Crippen LogP contribution in [0.4, 0.5) is 19.0 Å². The van der Waals surface area contributed by atoms with Gasteiger partial charge < -0.3 is 15.3 Å². The molecule has 2 aromatic rings. The fraction of sp³-hybridized carbons (Fsp3) is 0.250. The molecule has 6 nitrogen and oxygen atoms in total. The Bertz CT molecular complexity index is 716. The van der Waals surface area contributed by atoms with Crippen molar-refractivity contribution in [3.05, 3.63) is 34.0 Å². The SMILES string of the molecule is Cc1c(CO)c(O)n(Nc2ccc(C(F)(F)F)c(Cl)n2)c1O. The van der Waals surface area contributed by atoms with Crippen LogP contribution in [0.25, 0.3) is 0 Å². The van der Waals surface area contributed by atoms with E-state index in [9.17, 15) is 23.4 Å². The number of nitrogens with one attached hydrogen (secondary N) is 1. The summed E-state index contributed by atoms with van der Waals surface area (Å²) in [6, 6.07) is 1.70. The molecule has 0 fully saturated rings. The molecule has 0 unspecified atom stereocenters. The minimum absolute atomic E-state index is 0.0722. The number of anilines is 1. The van der Waals surface area contributed by atoms with Crippen molar-refractivity contribution in [3.63, 3.8) is 0 Å². The number of aromatic hydroxyl groups is 2. The van der Waals surface area contributed by atoms with Crippen LogP contribution in [-0.4, -0.2) is 25.0 Å². The van der Waals surface area contributed by atoms with Crippen molar-refractivity contribution in [1.82, 2.24) is 9.66 Å². The molecule has 0 amide bonds. The number of hydrogen-bond acceptors (Lipinski definition) is 5. The maximum absolute atomic E-state index is 12.6. The van der Waals surface area contributed by atoms with Crippen molar-refractivity contribution in [2.75, 3.05) is 5.43 Å². The quantitative estimate of drug-likeness (QED) is 0.646. The fourth-order valence-corrected chi connectivity index (χ4v) is 2.08. The highest BCUT2D eigenvalue weighted by Gasteiger charge is 2.34. The van der Waals surface area contributed by atoms with Crippen LogP contribution >= 0.6 is 11.6 Å². The van der Waals surface area contributed by atoms with Crippen LogP contribution in [0.2, 0.25) is 5.15 Å². The zero-order valence-electron chi connectivity index (χ0n) is 11.1. The third-order valence-corrected chi connectivity index (χ3v) is 3.31. The molecule has 0 aliphatic rings. The van der Waals surface area contributed by atoms with Gasteiger partial charge in [-0.25, -0.2) is 4.98 Å². The number of halogens is 4. The summed E-state index contributed by atoms with van der Waals surface area (Å²) in [7, 11) is 0. The standard InChI is InChI=1S/C12H11ClF3N3O3/c1-5-6(4-20)11(22)19(10(5)21)18-8-3-2-7(9(13)17-8)12(14,15)16/h2-3,20-22H,4H2,1H3,(H,17,18). The van der Waals surface area contributed by atoms with E-state index in [1.165, 1.54) is 6.92 Å². The Kier molecular flexibility index (Phi) is 4.12. The smallest absolute Gasteiger partial charge is 0.419 e. The monoisotopic (exact) mass is 337 g/mol. The lowest BCUT2D eigenvalue weighted by Crippen LogP contribution is -2.12. The average Bonchev–Trinajstić information content (AvgIpc) is 2.61. The van der Waals surface area contributed by atoms with Crippen LogP contribution in [0.3, 0.4) is 0 Å². The number of alkyl halides is 3. The highest BCUT2D eigenvalue weighted by Crippen LogP contribution is 2.35. The maximum atomic E-state index is 12.6. The molecule has 4 N–H and O–H groups in total. The molecular weight excluding hydrogens is 327 g/mol. The Morgan fingerprint density at radius 1 is 1.27 bits per heavy atom. The lowest BCUT2D eigenvalue weighted by atomic mass is 10.2. The molecule has 0 aliphatic carbocycles. The van der Waals surface area contributed by atoms with Gasteiger partial charge in [0.05, 0.1) is 12.2 Å². The minimum atomic E-state index is -4.64. The second-order valence-corrected chi connectivity index (χ2v) is 4.75. The molecule has 22 heavy (non-hydrogen) atoms. The summed E-state index contributed by atoms with van der Waals surface area (Å²) in [5.41, 5.74) is 1.58. The summed E-state index contributed by atoms with van der Waals surface area (Å²) in [5, 5.41) is 28.0. The number of aliphatic hydroxyl groups is 1. The van der Waals surface area contributed by atoms with Gasteiger partial charge in [-0.05, 0) is 19.1 Å². The predicted molar refractivity (Wildman–Crippen MR) is 71.7 cm³/mol. The second-order valence-electron chi connectivity index (χ2n) is 4.39. The summed E-state index contributed by atoms with van der Waals surface area (Å²) in [6.07, 6.45) is -4.64. The lowest BCUT2D eigenvalue weighted by Gasteiger charge is -2.12. The van der Waals surface area contributed by atoms with E-state index in [1.807, 2.05) is 0 Å². The van der Waals surface area contributed by atoms with Crippen LogP contribution in [0.5, 0.6) is 11.8 Å². The number of hydrogen-bond donors (Lipinski definition) is 4. The first-order valence-corrected chi connectivity index (χ1v) is 6.28. The molecule has 0 saturated carbocycles. The highest BCUT2D eigenvalue weighted by atomic mass is 35.5. The van der Waals surface area contributed by atoms with Crippen molar-refractivity contribution in [3.8, 4) is 11.8 Å². The Morgan fingerprint density at radius 3 is 2.36 bits per heavy atom. The van der Waals surface area contributed by atoms with Crippen LogP contribution in [-0.2, 0) is 12.8 Å². The van der Waals surface area contributed by atoms with Gasteiger partial charge in [-0.15, -0.1) is 0 Å². The average molecular weight is 338 g/mol. The van der Waals surface area contributed by atoms with E-state index in [1.54, 1.807) is 0 Å². The minimum Gasteiger partial charge on any atom is -0.493 e. The maximum Gasteiger partial charge on any atom is 0.419 e. The van der Waals surface area contributed by atoms with Crippen molar-refractivity contribution in [2.45, 2.75) is 19.7 Å². The van der Waals surface area contributed by atoms with Crippen LogP contribution in [0.15, 0.2) is 12.1 Å². The van der Waals surface area contributed by atoms with E-state index in [4.69, 9.17) is 16.7 Å². The Labute approximate surface area is 127 Å². The van der Waals surface area contributed by atoms with E-state index in [0.717, 1.165) is 16.8 Å². The molecule has 2 heterocycles. The van der Waals surface area contributed by atoms with E-state index in [-0.39, 0.29) is 16.9 Å². The molecule has 0 bridgehead atoms. The first-order chi connectivity index (χ1) is 10.2. The fourth-order valence-electron chi connectivity index (χ4n) is 1.82. The highest BCUT2D eigenvalue weighted by molar-refractivity contribution is 6.30. The number of aliphatic hydroxyl groups excluding tert-OH is 1. The van der Waals surface area contributed by atoms with Crippen molar-refractivity contribution in [2.24, 2.45) is 0 Å². The molecule has 2 rings (SSSR count). The first kappa shape index (κ1) is 16.2. The number of nitrogens with zero attached hydrogens (tertiary/aromatic N) is 2. The Hall–Kier alpha value is -2.13. The van der Waals surface area contributed by atoms with Gasteiger partial charge in [0.25, 0.3) is 0 Å². The van der Waals surface area contributed by atoms with Gasteiger partial charge in [0.2, 0.25) is 11.8 Å². The van der Waals surface area contributed by atoms with E-state index < -0.39 is 35.3 Å². The topological polar surface area (TPSA) is 90.5 Å². The molecule has 0 aromatic carbocycles. The molecule has 0 spiro atoms. The lowest BCUT2D eigenvalue weighted by molar-refractivity contribution is -0.137. The summed E-state index contributed by atoms with van der Waals surface area (Å²) in [4.78, 5) is 3.51. The second kappa shape index (κ2) is 5.58. The molecule has 0 saturated heterocycles. The molecule has 0 aliphatic heterocycles. The van der Waals surface area contributed by atoms with Gasteiger partial charge in [-0.3, -0.25) is 5.43 Å². The summed E-state index contributed by atoms with van der Waals surface area (Å²) < 4.78 is 38.5. The first-order valence-electron chi connectivity index (χ1n) is 5.90. The van der Waals surface area contributed by atoms with Crippen molar-refractivity contribution >= 4 is 17.4 Å². The zero-order chi connectivity index (χ0) is 16.7. The molecular formula is C12H11ClF3N3O3. The summed E-state index contributed by atoms with van der Waals surface area (Å²) in [5.74, 6) is -1.04. The van der Waals surface area contributed by atoms with Gasteiger partial charge in [-0.2, -0.15) is 17.8 Å². The number of pyridine rings is 1. The molecule has 0 radical (unpaired) electrons.